The molecule has 4 rings (SSSR count). The van der Waals surface area contributed by atoms with E-state index in [1.54, 1.807) is 60.7 Å². The Labute approximate surface area is 226 Å². The monoisotopic (exact) mass is 555 g/mol. The number of nitrogens with zero attached hydrogens (tertiary/aromatic N) is 1. The maximum Gasteiger partial charge on any atom is 0.265 e. The molecule has 0 aromatic heterocycles. The molecule has 0 radical (unpaired) electrons. The quantitative estimate of drug-likeness (QED) is 0.219. The van der Waals surface area contributed by atoms with Crippen molar-refractivity contribution in [1.29, 1.82) is 0 Å². The summed E-state index contributed by atoms with van der Waals surface area (Å²) < 4.78 is 51.3. The molecule has 1 amide bonds. The summed E-state index contributed by atoms with van der Waals surface area (Å²) >= 11 is 0. The van der Waals surface area contributed by atoms with Crippen LogP contribution in [0.25, 0.3) is 0 Å². The summed E-state index contributed by atoms with van der Waals surface area (Å²) in [4.78, 5) is 18.1. The number of amides is 1. The first kappa shape index (κ1) is 28.2. The van der Waals surface area contributed by atoms with Gasteiger partial charge in [0.25, 0.3) is 5.91 Å². The minimum Gasteiger partial charge on any atom is -0.494 e. The van der Waals surface area contributed by atoms with Gasteiger partial charge < -0.3 is 14.6 Å². The summed E-state index contributed by atoms with van der Waals surface area (Å²) in [6.07, 6.45) is 0.370. The van der Waals surface area contributed by atoms with Crippen molar-refractivity contribution in [3.8, 4) is 5.75 Å². The zero-order chi connectivity index (χ0) is 27.7. The predicted molar refractivity (Wildman–Crippen MR) is 143 cm³/mol. The lowest BCUT2D eigenvalue weighted by Gasteiger charge is -2.23. The van der Waals surface area contributed by atoms with Gasteiger partial charge in [-0.05, 0) is 48.9 Å². The average molecular weight is 556 g/mol. The van der Waals surface area contributed by atoms with E-state index in [-0.39, 0.29) is 42.7 Å². The van der Waals surface area contributed by atoms with Crippen LogP contribution in [0.3, 0.4) is 0 Å². The van der Waals surface area contributed by atoms with Gasteiger partial charge in [-0.1, -0.05) is 36.4 Å². The van der Waals surface area contributed by atoms with Crippen LogP contribution in [0.5, 0.6) is 5.75 Å². The minimum atomic E-state index is -3.70. The molecular formula is C28H30FN3O6S. The Kier molecular flexibility index (Phi) is 9.28. The Bertz CT molecular complexity index is 1400. The highest BCUT2D eigenvalue weighted by atomic mass is 32.2. The average Bonchev–Trinajstić information content (AvgIpc) is 3.40. The van der Waals surface area contributed by atoms with Crippen LogP contribution < -0.4 is 15.6 Å². The lowest BCUT2D eigenvalue weighted by atomic mass is 9.98. The molecular weight excluding hydrogens is 525 g/mol. The van der Waals surface area contributed by atoms with Crippen LogP contribution in [0.2, 0.25) is 0 Å². The van der Waals surface area contributed by atoms with E-state index in [9.17, 15) is 17.6 Å². The number of hydrogen-bond donors (Lipinski definition) is 3. The molecule has 3 N–H and O–H groups in total. The molecule has 11 heteroatoms. The number of carbonyl (C=O) groups is 1. The van der Waals surface area contributed by atoms with E-state index in [4.69, 9.17) is 14.6 Å². The van der Waals surface area contributed by atoms with Gasteiger partial charge in [-0.3, -0.25) is 10.2 Å². The number of aliphatic hydroxyl groups excluding tert-OH is 1. The van der Waals surface area contributed by atoms with Crippen molar-refractivity contribution < 1.29 is 32.2 Å². The predicted octanol–water partition coefficient (Wildman–Crippen LogP) is 2.79. The van der Waals surface area contributed by atoms with Crippen molar-refractivity contribution in [2.24, 2.45) is 4.99 Å². The van der Waals surface area contributed by atoms with Crippen LogP contribution in [0, 0.1) is 5.82 Å². The molecule has 3 aromatic carbocycles. The van der Waals surface area contributed by atoms with Crippen molar-refractivity contribution >= 4 is 21.6 Å². The standard InChI is InChI=1S/C28H30FN3O6S/c29-25-10-5-4-7-22(25)19-30-32-27(34)28(15-18-39(35,36)24-8-2-1-3-9-24)20-38-26(31-28)21-11-13-23(14-12-21)37-17-6-16-33/h1-5,7-14,30,33H,6,15-20H2,(H,32,34)/t28-/m0/s1. The fourth-order valence-electron chi connectivity index (χ4n) is 3.93. The highest BCUT2D eigenvalue weighted by molar-refractivity contribution is 7.91. The number of rotatable bonds is 13. The van der Waals surface area contributed by atoms with Crippen molar-refractivity contribution in [2.45, 2.75) is 29.8 Å². The fraction of sp³-hybridized carbons (Fsp3) is 0.286. The number of carbonyl (C=O) groups excluding carboxylic acids is 1. The molecule has 9 nitrogen and oxygen atoms in total. The van der Waals surface area contributed by atoms with E-state index in [0.717, 1.165) is 0 Å². The van der Waals surface area contributed by atoms with Crippen molar-refractivity contribution in [3.05, 3.63) is 95.8 Å². The van der Waals surface area contributed by atoms with E-state index >= 15 is 0 Å². The first-order chi connectivity index (χ1) is 18.8. The van der Waals surface area contributed by atoms with Gasteiger partial charge in [0.1, 0.15) is 18.2 Å². The second-order valence-electron chi connectivity index (χ2n) is 8.97. The third-order valence-corrected chi connectivity index (χ3v) is 7.92. The smallest absolute Gasteiger partial charge is 0.265 e. The topological polar surface area (TPSA) is 126 Å². The highest BCUT2D eigenvalue weighted by Gasteiger charge is 2.45. The summed E-state index contributed by atoms with van der Waals surface area (Å²) in [6, 6.07) is 21.0. The van der Waals surface area contributed by atoms with Crippen LogP contribution >= 0.6 is 0 Å². The van der Waals surface area contributed by atoms with E-state index < -0.39 is 27.1 Å². The third kappa shape index (κ3) is 7.20. The van der Waals surface area contributed by atoms with E-state index in [1.165, 1.54) is 18.2 Å². The van der Waals surface area contributed by atoms with E-state index in [1.807, 2.05) is 0 Å². The fourth-order valence-corrected chi connectivity index (χ4v) is 5.34. The van der Waals surface area contributed by atoms with Gasteiger partial charge in [-0.25, -0.2) is 23.2 Å². The maximum atomic E-state index is 14.0. The first-order valence-electron chi connectivity index (χ1n) is 12.4. The number of halogens is 1. The normalized spacial score (nSPS) is 16.8. The van der Waals surface area contributed by atoms with Crippen LogP contribution in [0.4, 0.5) is 4.39 Å². The molecule has 1 aliphatic rings. The summed E-state index contributed by atoms with van der Waals surface area (Å²) in [5.41, 5.74) is 4.67. The van der Waals surface area contributed by atoms with Gasteiger partial charge in [-0.15, -0.1) is 0 Å². The molecule has 0 saturated carbocycles. The number of aliphatic imine (C=N–C) groups is 1. The second kappa shape index (κ2) is 12.8. The van der Waals surface area contributed by atoms with Gasteiger partial charge in [0.2, 0.25) is 5.90 Å². The number of hydrogen-bond acceptors (Lipinski definition) is 8. The highest BCUT2D eigenvalue weighted by Crippen LogP contribution is 2.28. The van der Waals surface area contributed by atoms with Crippen LogP contribution in [0.1, 0.15) is 24.0 Å². The molecule has 0 bridgehead atoms. The van der Waals surface area contributed by atoms with Crippen LogP contribution in [0.15, 0.2) is 88.8 Å². The lowest BCUT2D eigenvalue weighted by Crippen LogP contribution is -2.52. The number of benzene rings is 3. The Morgan fingerprint density at radius 3 is 2.49 bits per heavy atom. The van der Waals surface area contributed by atoms with E-state index in [0.29, 0.717) is 29.9 Å². The van der Waals surface area contributed by atoms with E-state index in [2.05, 4.69) is 15.8 Å². The van der Waals surface area contributed by atoms with Gasteiger partial charge in [0, 0.05) is 30.7 Å². The molecule has 0 saturated heterocycles. The van der Waals surface area contributed by atoms with Crippen LogP contribution in [-0.4, -0.2) is 56.4 Å². The third-order valence-electron chi connectivity index (χ3n) is 6.18. The number of hydrazine groups is 1. The SMILES string of the molecule is O=C(NNCc1ccccc1F)[C@]1(CCS(=O)(=O)c2ccccc2)COC(c2ccc(OCCCO)cc2)=N1. The number of aliphatic hydroxyl groups is 1. The summed E-state index contributed by atoms with van der Waals surface area (Å²) in [7, 11) is -3.70. The zero-order valence-electron chi connectivity index (χ0n) is 21.2. The Balaban J connectivity index is 1.52. The lowest BCUT2D eigenvalue weighted by molar-refractivity contribution is -0.127. The zero-order valence-corrected chi connectivity index (χ0v) is 22.0. The van der Waals surface area contributed by atoms with Crippen molar-refractivity contribution in [2.75, 3.05) is 25.6 Å². The number of ether oxygens (including phenoxy) is 2. The van der Waals surface area contributed by atoms with Crippen molar-refractivity contribution in [3.63, 3.8) is 0 Å². The molecule has 0 aliphatic carbocycles. The molecule has 0 spiro atoms. The molecule has 39 heavy (non-hydrogen) atoms. The maximum absolute atomic E-state index is 14.0. The molecule has 3 aromatic rings. The Hall–Kier alpha value is -3.80. The second-order valence-corrected chi connectivity index (χ2v) is 11.1. The summed E-state index contributed by atoms with van der Waals surface area (Å²) in [6.45, 7) is 0.245. The van der Waals surface area contributed by atoms with Gasteiger partial charge >= 0.3 is 0 Å². The largest absolute Gasteiger partial charge is 0.494 e. The minimum absolute atomic E-state index is 0.0198. The molecule has 1 atom stereocenters. The number of nitrogens with one attached hydrogen (secondary N) is 2. The Morgan fingerprint density at radius 2 is 1.77 bits per heavy atom. The summed E-state index contributed by atoms with van der Waals surface area (Å²) in [5, 5.41) is 8.91. The van der Waals surface area contributed by atoms with Gasteiger partial charge in [0.15, 0.2) is 15.4 Å². The summed E-state index contributed by atoms with van der Waals surface area (Å²) in [5.74, 6) is -0.563. The number of sulfone groups is 1. The van der Waals surface area contributed by atoms with Gasteiger partial charge in [-0.2, -0.15) is 0 Å². The molecule has 206 valence electrons. The first-order valence-corrected chi connectivity index (χ1v) is 14.1. The van der Waals surface area contributed by atoms with Gasteiger partial charge in [0.05, 0.1) is 17.3 Å². The molecule has 1 heterocycles. The van der Waals surface area contributed by atoms with Crippen molar-refractivity contribution in [1.82, 2.24) is 10.9 Å². The molecule has 0 unspecified atom stereocenters. The Morgan fingerprint density at radius 1 is 1.05 bits per heavy atom. The molecule has 0 fully saturated rings. The molecule has 1 aliphatic heterocycles. The van der Waals surface area contributed by atoms with Crippen LogP contribution in [-0.2, 0) is 25.9 Å².